The topological polar surface area (TPSA) is 65.2 Å². The second-order valence-corrected chi connectivity index (χ2v) is 4.31. The number of nitrogens with zero attached hydrogens (tertiary/aromatic N) is 1. The number of rotatable bonds is 5. The molecule has 4 heteroatoms. The Morgan fingerprint density at radius 3 is 2.75 bits per heavy atom. The third-order valence-electron chi connectivity index (χ3n) is 2.03. The van der Waals surface area contributed by atoms with Gasteiger partial charge in [-0.1, -0.05) is 6.92 Å². The Bertz CT molecular complexity index is 370. The standard InChI is InChI=1S/C12H18N2O2/c1-4-5-16-10-6-9(7-14-8-10)11(15)12(2,3)13/h6-8H,4-5,13H2,1-3H3. The maximum atomic E-state index is 11.9. The van der Waals surface area contributed by atoms with Crippen molar-refractivity contribution in [2.45, 2.75) is 32.7 Å². The van der Waals surface area contributed by atoms with Crippen molar-refractivity contribution in [2.75, 3.05) is 6.61 Å². The number of carbonyl (C=O) groups excluding carboxylic acids is 1. The van der Waals surface area contributed by atoms with Crippen molar-refractivity contribution in [3.8, 4) is 5.75 Å². The minimum Gasteiger partial charge on any atom is -0.492 e. The van der Waals surface area contributed by atoms with Crippen molar-refractivity contribution in [3.63, 3.8) is 0 Å². The van der Waals surface area contributed by atoms with Gasteiger partial charge in [0.2, 0.25) is 0 Å². The van der Waals surface area contributed by atoms with Gasteiger partial charge in [0.1, 0.15) is 5.75 Å². The van der Waals surface area contributed by atoms with Crippen LogP contribution >= 0.6 is 0 Å². The number of pyridine rings is 1. The summed E-state index contributed by atoms with van der Waals surface area (Å²) in [6.45, 7) is 5.99. The van der Waals surface area contributed by atoms with Crippen LogP contribution in [0.3, 0.4) is 0 Å². The van der Waals surface area contributed by atoms with E-state index in [0.29, 0.717) is 17.9 Å². The molecule has 1 heterocycles. The predicted octanol–water partition coefficient (Wildman–Crippen LogP) is 1.79. The molecule has 1 aromatic heterocycles. The molecule has 0 radical (unpaired) electrons. The summed E-state index contributed by atoms with van der Waals surface area (Å²) in [5.41, 5.74) is 5.35. The van der Waals surface area contributed by atoms with Crippen molar-refractivity contribution < 1.29 is 9.53 Å². The van der Waals surface area contributed by atoms with Crippen LogP contribution in [0.4, 0.5) is 0 Å². The van der Waals surface area contributed by atoms with E-state index in [1.54, 1.807) is 26.1 Å². The third kappa shape index (κ3) is 3.31. The van der Waals surface area contributed by atoms with E-state index < -0.39 is 5.54 Å². The highest BCUT2D eigenvalue weighted by molar-refractivity contribution is 6.02. The number of hydrogen-bond donors (Lipinski definition) is 1. The summed E-state index contributed by atoms with van der Waals surface area (Å²) >= 11 is 0. The van der Waals surface area contributed by atoms with E-state index in [0.717, 1.165) is 6.42 Å². The van der Waals surface area contributed by atoms with Gasteiger partial charge < -0.3 is 10.5 Å². The highest BCUT2D eigenvalue weighted by Crippen LogP contribution is 2.15. The van der Waals surface area contributed by atoms with Gasteiger partial charge in [-0.3, -0.25) is 9.78 Å². The van der Waals surface area contributed by atoms with Crippen LogP contribution in [-0.4, -0.2) is 22.9 Å². The monoisotopic (exact) mass is 222 g/mol. The quantitative estimate of drug-likeness (QED) is 0.771. The minimum absolute atomic E-state index is 0.137. The number of aromatic nitrogens is 1. The Morgan fingerprint density at radius 2 is 2.19 bits per heavy atom. The molecule has 0 aliphatic heterocycles. The SMILES string of the molecule is CCCOc1cncc(C(=O)C(C)(C)N)c1. The van der Waals surface area contributed by atoms with E-state index in [1.807, 2.05) is 6.92 Å². The lowest BCUT2D eigenvalue weighted by Crippen LogP contribution is -2.41. The van der Waals surface area contributed by atoms with Crippen LogP contribution in [0.25, 0.3) is 0 Å². The predicted molar refractivity (Wildman–Crippen MR) is 62.6 cm³/mol. The molecule has 16 heavy (non-hydrogen) atoms. The van der Waals surface area contributed by atoms with Gasteiger partial charge in [0.25, 0.3) is 0 Å². The lowest BCUT2D eigenvalue weighted by Gasteiger charge is -2.16. The molecule has 0 saturated heterocycles. The molecule has 0 atom stereocenters. The number of nitrogens with two attached hydrogens (primary N) is 1. The molecule has 88 valence electrons. The summed E-state index contributed by atoms with van der Waals surface area (Å²) in [6, 6.07) is 1.68. The molecule has 0 aliphatic carbocycles. The van der Waals surface area contributed by atoms with E-state index in [1.165, 1.54) is 6.20 Å². The van der Waals surface area contributed by atoms with Crippen molar-refractivity contribution in [2.24, 2.45) is 5.73 Å². The second-order valence-electron chi connectivity index (χ2n) is 4.31. The highest BCUT2D eigenvalue weighted by Gasteiger charge is 2.23. The maximum absolute atomic E-state index is 11.9. The third-order valence-corrected chi connectivity index (χ3v) is 2.03. The molecule has 0 fully saturated rings. The van der Waals surface area contributed by atoms with Crippen molar-refractivity contribution in [1.82, 2.24) is 4.98 Å². The lowest BCUT2D eigenvalue weighted by atomic mass is 9.95. The molecule has 0 amide bonds. The van der Waals surface area contributed by atoms with Crippen LogP contribution in [0.2, 0.25) is 0 Å². The first kappa shape index (κ1) is 12.6. The average Bonchev–Trinajstić information content (AvgIpc) is 2.24. The molecule has 2 N–H and O–H groups in total. The molecular formula is C12H18N2O2. The lowest BCUT2D eigenvalue weighted by molar-refractivity contribution is 0.0912. The summed E-state index contributed by atoms with van der Waals surface area (Å²) in [7, 11) is 0. The van der Waals surface area contributed by atoms with E-state index in [2.05, 4.69) is 4.98 Å². The second kappa shape index (κ2) is 5.07. The van der Waals surface area contributed by atoms with Gasteiger partial charge in [-0.15, -0.1) is 0 Å². The van der Waals surface area contributed by atoms with E-state index in [-0.39, 0.29) is 5.78 Å². The zero-order chi connectivity index (χ0) is 12.2. The molecule has 0 saturated carbocycles. The molecule has 0 bridgehead atoms. The molecule has 0 unspecified atom stereocenters. The summed E-state index contributed by atoms with van der Waals surface area (Å²) in [5, 5.41) is 0. The number of hydrogen-bond acceptors (Lipinski definition) is 4. The molecular weight excluding hydrogens is 204 g/mol. The Kier molecular flexibility index (Phi) is 4.01. The fourth-order valence-electron chi connectivity index (χ4n) is 1.21. The van der Waals surface area contributed by atoms with Crippen LogP contribution in [0.15, 0.2) is 18.5 Å². The smallest absolute Gasteiger partial charge is 0.183 e. The van der Waals surface area contributed by atoms with Gasteiger partial charge in [0.15, 0.2) is 5.78 Å². The van der Waals surface area contributed by atoms with Gasteiger partial charge in [0.05, 0.1) is 18.3 Å². The zero-order valence-electron chi connectivity index (χ0n) is 9.99. The first-order valence-electron chi connectivity index (χ1n) is 5.36. The van der Waals surface area contributed by atoms with Crippen molar-refractivity contribution >= 4 is 5.78 Å². The Hall–Kier alpha value is -1.42. The fourth-order valence-corrected chi connectivity index (χ4v) is 1.21. The maximum Gasteiger partial charge on any atom is 0.183 e. The van der Waals surface area contributed by atoms with Crippen LogP contribution in [0.1, 0.15) is 37.6 Å². The normalized spacial score (nSPS) is 11.2. The van der Waals surface area contributed by atoms with Gasteiger partial charge in [0, 0.05) is 11.8 Å². The van der Waals surface area contributed by atoms with Gasteiger partial charge in [-0.25, -0.2) is 0 Å². The number of ether oxygens (including phenoxy) is 1. The minimum atomic E-state index is -0.884. The highest BCUT2D eigenvalue weighted by atomic mass is 16.5. The van der Waals surface area contributed by atoms with Gasteiger partial charge >= 0.3 is 0 Å². The summed E-state index contributed by atoms with van der Waals surface area (Å²) < 4.78 is 5.40. The van der Waals surface area contributed by atoms with E-state index in [9.17, 15) is 4.79 Å². The van der Waals surface area contributed by atoms with Crippen molar-refractivity contribution in [3.05, 3.63) is 24.0 Å². The van der Waals surface area contributed by atoms with Crippen molar-refractivity contribution in [1.29, 1.82) is 0 Å². The Morgan fingerprint density at radius 1 is 1.50 bits per heavy atom. The molecule has 4 nitrogen and oxygen atoms in total. The van der Waals surface area contributed by atoms with Gasteiger partial charge in [-0.05, 0) is 26.3 Å². The summed E-state index contributed by atoms with van der Waals surface area (Å²) in [6.07, 6.45) is 4.02. The molecule has 0 aliphatic rings. The van der Waals surface area contributed by atoms with Crippen LogP contribution < -0.4 is 10.5 Å². The molecule has 0 aromatic carbocycles. The van der Waals surface area contributed by atoms with Crippen LogP contribution in [-0.2, 0) is 0 Å². The van der Waals surface area contributed by atoms with Gasteiger partial charge in [-0.2, -0.15) is 0 Å². The number of ketones is 1. The zero-order valence-corrected chi connectivity index (χ0v) is 9.99. The summed E-state index contributed by atoms with van der Waals surface area (Å²) in [4.78, 5) is 15.8. The van der Waals surface area contributed by atoms with E-state index in [4.69, 9.17) is 10.5 Å². The van der Waals surface area contributed by atoms with E-state index >= 15 is 0 Å². The molecule has 1 aromatic rings. The number of Topliss-reactive ketones (excluding diaryl/α,β-unsaturated/α-hetero) is 1. The average molecular weight is 222 g/mol. The molecule has 0 spiro atoms. The number of carbonyl (C=O) groups is 1. The van der Waals surface area contributed by atoms with Crippen LogP contribution in [0.5, 0.6) is 5.75 Å². The first-order valence-corrected chi connectivity index (χ1v) is 5.36. The fraction of sp³-hybridized carbons (Fsp3) is 0.500. The molecule has 1 rings (SSSR count). The van der Waals surface area contributed by atoms with Crippen LogP contribution in [0, 0.1) is 0 Å². The summed E-state index contributed by atoms with van der Waals surface area (Å²) in [5.74, 6) is 0.471. The largest absolute Gasteiger partial charge is 0.492 e. The Labute approximate surface area is 95.8 Å². The Balaban J connectivity index is 2.86. The first-order chi connectivity index (χ1) is 7.45.